The van der Waals surface area contributed by atoms with E-state index in [0.717, 1.165) is 0 Å². The summed E-state index contributed by atoms with van der Waals surface area (Å²) in [4.78, 5) is 2.42. The van der Waals surface area contributed by atoms with Gasteiger partial charge in [0.15, 0.2) is 0 Å². The Bertz CT molecular complexity index is 155. The van der Waals surface area contributed by atoms with Crippen molar-refractivity contribution in [1.29, 1.82) is 0 Å². The minimum atomic E-state index is 0.156. The van der Waals surface area contributed by atoms with Gasteiger partial charge in [0, 0.05) is 7.11 Å². The number of nitrogens with zero attached hydrogens (tertiary/aromatic N) is 1. The second-order valence-corrected chi connectivity index (χ2v) is 5.59. The van der Waals surface area contributed by atoms with Crippen LogP contribution in [0.25, 0.3) is 0 Å². The second kappa shape index (κ2) is 5.17. The summed E-state index contributed by atoms with van der Waals surface area (Å²) in [5, 5.41) is 0.156. The van der Waals surface area contributed by atoms with Gasteiger partial charge in [0.05, 0.1) is 0 Å². The van der Waals surface area contributed by atoms with Gasteiger partial charge in [-0.05, 0) is 17.4 Å². The topological polar surface area (TPSA) is 12.5 Å². The third-order valence-electron chi connectivity index (χ3n) is 2.43. The zero-order valence-corrected chi connectivity index (χ0v) is 11.1. The monoisotopic (exact) mass is 199 g/mol. The van der Waals surface area contributed by atoms with Crippen LogP contribution >= 0.6 is 0 Å². The standard InChI is InChI=1S/C11H26BNO/c1-9(2)13(10(3)4)12(14-8)11(5,6)7/h9-10H,1-8H3. The Hall–Kier alpha value is -0.0151. The predicted octanol–water partition coefficient (Wildman–Crippen LogP) is 3.04. The third kappa shape index (κ3) is 3.62. The zero-order valence-electron chi connectivity index (χ0n) is 11.1. The molecule has 0 aliphatic carbocycles. The molecule has 0 aliphatic heterocycles. The third-order valence-corrected chi connectivity index (χ3v) is 2.43. The summed E-state index contributed by atoms with van der Waals surface area (Å²) in [6, 6.07) is 1.03. The predicted molar refractivity (Wildman–Crippen MR) is 64.6 cm³/mol. The van der Waals surface area contributed by atoms with Crippen molar-refractivity contribution in [3.63, 3.8) is 0 Å². The van der Waals surface area contributed by atoms with Gasteiger partial charge in [-0.25, -0.2) is 0 Å². The summed E-state index contributed by atoms with van der Waals surface area (Å²) >= 11 is 0. The molecule has 0 radical (unpaired) electrons. The van der Waals surface area contributed by atoms with Gasteiger partial charge < -0.3 is 9.47 Å². The molecular formula is C11H26BNO. The Morgan fingerprint density at radius 2 is 1.36 bits per heavy atom. The van der Waals surface area contributed by atoms with Gasteiger partial charge in [-0.1, -0.05) is 48.5 Å². The molecule has 0 amide bonds. The smallest absolute Gasteiger partial charge is 0.388 e. The first kappa shape index (κ1) is 14.0. The van der Waals surface area contributed by atoms with Gasteiger partial charge in [-0.15, -0.1) is 0 Å². The molecular weight excluding hydrogens is 173 g/mol. The summed E-state index contributed by atoms with van der Waals surface area (Å²) in [5.41, 5.74) is 0. The van der Waals surface area contributed by atoms with Crippen LogP contribution in [0.5, 0.6) is 0 Å². The Kier molecular flexibility index (Phi) is 5.17. The SMILES string of the molecule is COB(N(C(C)C)C(C)C)C(C)(C)C. The van der Waals surface area contributed by atoms with Crippen LogP contribution in [0.15, 0.2) is 0 Å². The van der Waals surface area contributed by atoms with E-state index in [2.05, 4.69) is 53.3 Å². The Balaban J connectivity index is 4.77. The molecule has 0 spiro atoms. The molecule has 0 heterocycles. The largest absolute Gasteiger partial charge is 0.424 e. The van der Waals surface area contributed by atoms with Crippen LogP contribution < -0.4 is 0 Å². The highest BCUT2D eigenvalue weighted by Gasteiger charge is 2.38. The summed E-state index contributed by atoms with van der Waals surface area (Å²) in [5.74, 6) is 0. The van der Waals surface area contributed by atoms with E-state index in [1.165, 1.54) is 0 Å². The molecule has 0 saturated carbocycles. The average molecular weight is 199 g/mol. The van der Waals surface area contributed by atoms with Crippen LogP contribution in [0.1, 0.15) is 48.5 Å². The molecule has 2 nitrogen and oxygen atoms in total. The van der Waals surface area contributed by atoms with Crippen LogP contribution in [-0.2, 0) is 4.65 Å². The van der Waals surface area contributed by atoms with E-state index in [0.29, 0.717) is 12.1 Å². The summed E-state index contributed by atoms with van der Waals surface area (Å²) in [6.07, 6.45) is 0. The normalized spacial score (nSPS) is 13.1. The van der Waals surface area contributed by atoms with E-state index in [-0.39, 0.29) is 12.4 Å². The lowest BCUT2D eigenvalue weighted by Crippen LogP contribution is -2.53. The molecule has 0 fully saturated rings. The van der Waals surface area contributed by atoms with Gasteiger partial charge in [0.25, 0.3) is 0 Å². The van der Waals surface area contributed by atoms with Gasteiger partial charge in [0.2, 0.25) is 0 Å². The number of rotatable bonds is 4. The lowest BCUT2D eigenvalue weighted by molar-refractivity contribution is 0.222. The molecule has 3 heteroatoms. The number of hydrogen-bond donors (Lipinski definition) is 0. The van der Waals surface area contributed by atoms with E-state index in [4.69, 9.17) is 4.65 Å². The molecule has 0 aromatic carbocycles. The minimum absolute atomic E-state index is 0.156. The van der Waals surface area contributed by atoms with E-state index in [1.54, 1.807) is 7.11 Å². The summed E-state index contributed by atoms with van der Waals surface area (Å²) in [6.45, 7) is 15.5. The van der Waals surface area contributed by atoms with E-state index < -0.39 is 0 Å². The zero-order chi connectivity index (χ0) is 11.5. The maximum absolute atomic E-state index is 5.63. The molecule has 0 aliphatic rings. The first-order chi connectivity index (χ1) is 6.21. The highest BCUT2D eigenvalue weighted by molar-refractivity contribution is 6.52. The van der Waals surface area contributed by atoms with Crippen molar-refractivity contribution in [2.75, 3.05) is 7.11 Å². The first-order valence-electron chi connectivity index (χ1n) is 5.52. The van der Waals surface area contributed by atoms with Crippen LogP contribution in [-0.4, -0.2) is 31.1 Å². The number of hydrogen-bond acceptors (Lipinski definition) is 2. The Labute approximate surface area is 90.1 Å². The van der Waals surface area contributed by atoms with Crippen molar-refractivity contribution in [3.8, 4) is 0 Å². The molecule has 0 unspecified atom stereocenters. The Morgan fingerprint density at radius 3 is 1.43 bits per heavy atom. The summed E-state index contributed by atoms with van der Waals surface area (Å²) in [7, 11) is 1.98. The Morgan fingerprint density at radius 1 is 1.00 bits per heavy atom. The highest BCUT2D eigenvalue weighted by Crippen LogP contribution is 2.31. The van der Waals surface area contributed by atoms with Gasteiger partial charge >= 0.3 is 7.05 Å². The fraction of sp³-hybridized carbons (Fsp3) is 1.00. The van der Waals surface area contributed by atoms with Crippen LogP contribution in [0, 0.1) is 0 Å². The molecule has 0 N–H and O–H groups in total. The van der Waals surface area contributed by atoms with Crippen LogP contribution in [0.2, 0.25) is 5.31 Å². The van der Waals surface area contributed by atoms with Crippen molar-refractivity contribution < 1.29 is 4.65 Å². The van der Waals surface area contributed by atoms with Gasteiger partial charge in [-0.3, -0.25) is 0 Å². The van der Waals surface area contributed by atoms with Crippen LogP contribution in [0.4, 0.5) is 0 Å². The first-order valence-corrected chi connectivity index (χ1v) is 5.52. The lowest BCUT2D eigenvalue weighted by atomic mass is 9.54. The van der Waals surface area contributed by atoms with Crippen molar-refractivity contribution in [2.24, 2.45) is 0 Å². The molecule has 0 bridgehead atoms. The molecule has 0 rings (SSSR count). The van der Waals surface area contributed by atoms with Crippen molar-refractivity contribution in [1.82, 2.24) is 4.81 Å². The molecule has 0 saturated heterocycles. The van der Waals surface area contributed by atoms with E-state index >= 15 is 0 Å². The molecule has 0 atom stereocenters. The van der Waals surface area contributed by atoms with E-state index in [1.807, 2.05) is 0 Å². The van der Waals surface area contributed by atoms with Gasteiger partial charge in [0.1, 0.15) is 0 Å². The van der Waals surface area contributed by atoms with Crippen molar-refractivity contribution in [2.45, 2.75) is 65.9 Å². The molecule has 14 heavy (non-hydrogen) atoms. The maximum Gasteiger partial charge on any atom is 0.388 e. The minimum Gasteiger partial charge on any atom is -0.424 e. The van der Waals surface area contributed by atoms with Gasteiger partial charge in [-0.2, -0.15) is 0 Å². The average Bonchev–Trinajstić information content (AvgIpc) is 1.95. The van der Waals surface area contributed by atoms with Crippen molar-refractivity contribution >= 4 is 7.05 Å². The fourth-order valence-electron chi connectivity index (χ4n) is 2.06. The second-order valence-electron chi connectivity index (χ2n) is 5.59. The van der Waals surface area contributed by atoms with E-state index in [9.17, 15) is 0 Å². The lowest BCUT2D eigenvalue weighted by Gasteiger charge is -2.40. The van der Waals surface area contributed by atoms with Crippen molar-refractivity contribution in [3.05, 3.63) is 0 Å². The quantitative estimate of drug-likeness (QED) is 0.645. The highest BCUT2D eigenvalue weighted by atomic mass is 16.4. The molecule has 0 aromatic rings. The summed E-state index contributed by atoms with van der Waals surface area (Å²) < 4.78 is 5.63. The van der Waals surface area contributed by atoms with Crippen LogP contribution in [0.3, 0.4) is 0 Å². The maximum atomic E-state index is 5.63. The fourth-order valence-corrected chi connectivity index (χ4v) is 2.06. The molecule has 0 aromatic heterocycles. The molecule has 84 valence electrons.